The van der Waals surface area contributed by atoms with Crippen molar-refractivity contribution >= 4 is 17.7 Å². The van der Waals surface area contributed by atoms with Crippen LogP contribution < -0.4 is 11.1 Å². The molecule has 1 amide bonds. The van der Waals surface area contributed by atoms with Gasteiger partial charge in [0.25, 0.3) is 5.91 Å². The number of allylic oxidation sites excluding steroid dienone is 4. The van der Waals surface area contributed by atoms with Crippen LogP contribution >= 0.6 is 11.8 Å². The first-order chi connectivity index (χ1) is 17.0. The van der Waals surface area contributed by atoms with Crippen LogP contribution in [0.1, 0.15) is 70.9 Å². The summed E-state index contributed by atoms with van der Waals surface area (Å²) in [5, 5.41) is 5.16. The van der Waals surface area contributed by atoms with Gasteiger partial charge in [0, 0.05) is 18.5 Å². The van der Waals surface area contributed by atoms with E-state index in [1.807, 2.05) is 4.90 Å². The lowest BCUT2D eigenvalue weighted by atomic mass is 10.1. The second-order valence-electron chi connectivity index (χ2n) is 8.84. The summed E-state index contributed by atoms with van der Waals surface area (Å²) in [7, 11) is 0. The quantitative estimate of drug-likeness (QED) is 0.233. The Morgan fingerprint density at radius 1 is 1.17 bits per heavy atom. The molecule has 0 saturated carbocycles. The third-order valence-electron chi connectivity index (χ3n) is 5.31. The van der Waals surface area contributed by atoms with Gasteiger partial charge in [0.15, 0.2) is 0 Å². The number of unbranched alkanes of at least 4 members (excludes halogenated alkanes) is 2. The predicted octanol–water partition coefficient (Wildman–Crippen LogP) is 7.51. The molecule has 1 heterocycles. The van der Waals surface area contributed by atoms with Gasteiger partial charge in [0.05, 0.1) is 10.6 Å². The summed E-state index contributed by atoms with van der Waals surface area (Å²) in [5.74, 6) is -0.326. The normalized spacial score (nSPS) is 13.7. The molecule has 3 N–H and O–H groups in total. The molecule has 1 aromatic carbocycles. The molecule has 2 rings (SSSR count). The fourth-order valence-corrected chi connectivity index (χ4v) is 4.12. The highest BCUT2D eigenvalue weighted by atomic mass is 32.2. The van der Waals surface area contributed by atoms with E-state index in [9.17, 15) is 18.0 Å². The minimum Gasteiger partial charge on any atom is -0.347 e. The van der Waals surface area contributed by atoms with Crippen LogP contribution in [0.2, 0.25) is 0 Å². The van der Waals surface area contributed by atoms with Crippen molar-refractivity contribution in [1.29, 1.82) is 0 Å². The van der Waals surface area contributed by atoms with Gasteiger partial charge in [-0.05, 0) is 70.7 Å². The maximum atomic E-state index is 12.8. The summed E-state index contributed by atoms with van der Waals surface area (Å²) in [5.41, 5.74) is 8.50. The third-order valence-corrected chi connectivity index (χ3v) is 6.14. The number of nitrogens with one attached hydrogen (secondary N) is 1. The van der Waals surface area contributed by atoms with Crippen molar-refractivity contribution in [3.05, 3.63) is 81.4 Å². The largest absolute Gasteiger partial charge is 0.416 e. The first kappa shape index (κ1) is 31.6. The highest BCUT2D eigenvalue weighted by Gasteiger charge is 2.30. The average molecular weight is 524 g/mol. The SMILES string of the molecule is C=C1SC=C(C(=O)NCc2cccc(C(F)(F)F)c2)N1CCCCCN.CC/C=C(/C)CC=C(C)C. The summed E-state index contributed by atoms with van der Waals surface area (Å²) >= 11 is 1.37. The first-order valence-corrected chi connectivity index (χ1v) is 13.1. The molecule has 8 heteroatoms. The molecule has 200 valence electrons. The monoisotopic (exact) mass is 523 g/mol. The zero-order valence-corrected chi connectivity index (χ0v) is 22.7. The molecule has 36 heavy (non-hydrogen) atoms. The highest BCUT2D eigenvalue weighted by Crippen LogP contribution is 2.33. The number of hydrogen-bond donors (Lipinski definition) is 2. The molecule has 1 aromatic rings. The fourth-order valence-electron chi connectivity index (χ4n) is 3.33. The summed E-state index contributed by atoms with van der Waals surface area (Å²) in [4.78, 5) is 14.3. The number of hydrogen-bond acceptors (Lipinski definition) is 4. The maximum absolute atomic E-state index is 12.8. The molecule has 4 nitrogen and oxygen atoms in total. The number of nitrogens with two attached hydrogens (primary N) is 1. The number of rotatable bonds is 11. The van der Waals surface area contributed by atoms with E-state index in [0.717, 1.165) is 49.3 Å². The van der Waals surface area contributed by atoms with E-state index in [0.29, 0.717) is 24.4 Å². The van der Waals surface area contributed by atoms with Crippen LogP contribution in [-0.2, 0) is 17.5 Å². The number of alkyl halides is 3. The molecular formula is C28H40F3N3OS. The van der Waals surface area contributed by atoms with Crippen LogP contribution in [0, 0.1) is 0 Å². The first-order valence-electron chi connectivity index (χ1n) is 12.3. The Kier molecular flexibility index (Phi) is 14.3. The van der Waals surface area contributed by atoms with E-state index in [-0.39, 0.29) is 12.5 Å². The zero-order valence-electron chi connectivity index (χ0n) is 21.9. The molecule has 0 radical (unpaired) electrons. The maximum Gasteiger partial charge on any atom is 0.416 e. The Balaban J connectivity index is 0.000000548. The summed E-state index contributed by atoms with van der Waals surface area (Å²) < 4.78 is 38.3. The zero-order chi connectivity index (χ0) is 27.1. The number of carbonyl (C=O) groups excluding carboxylic acids is 1. The van der Waals surface area contributed by atoms with Crippen molar-refractivity contribution in [2.75, 3.05) is 13.1 Å². The van der Waals surface area contributed by atoms with Gasteiger partial charge < -0.3 is 16.0 Å². The van der Waals surface area contributed by atoms with Crippen LogP contribution in [0.3, 0.4) is 0 Å². The Bertz CT molecular complexity index is 948. The number of amides is 1. The van der Waals surface area contributed by atoms with Gasteiger partial charge >= 0.3 is 6.18 Å². The second kappa shape index (κ2) is 16.3. The van der Waals surface area contributed by atoms with Crippen LogP contribution in [0.15, 0.2) is 70.3 Å². The third kappa shape index (κ3) is 12.0. The van der Waals surface area contributed by atoms with E-state index < -0.39 is 11.7 Å². The topological polar surface area (TPSA) is 58.4 Å². The number of thioether (sulfide) groups is 1. The predicted molar refractivity (Wildman–Crippen MR) is 146 cm³/mol. The molecule has 1 aliphatic heterocycles. The standard InChI is InChI=1S/C18H22F3N3OS.C10H18/c1-13-24(9-4-2-3-8-22)16(12-26-13)17(25)23-11-14-6-5-7-15(10-14)18(19,20)21;1-5-6-10(4)8-7-9(2)3/h5-7,10,12H,1-4,8-9,11,22H2,(H,23,25);6-7H,5,8H2,1-4H3/b;10-6-. The lowest BCUT2D eigenvalue weighted by Crippen LogP contribution is -2.32. The summed E-state index contributed by atoms with van der Waals surface area (Å²) in [6.45, 7) is 13.9. The van der Waals surface area contributed by atoms with E-state index in [1.165, 1.54) is 29.0 Å². The molecule has 0 atom stereocenters. The van der Waals surface area contributed by atoms with Crippen LogP contribution in [0.4, 0.5) is 13.2 Å². The Hall–Kier alpha value is -2.45. The van der Waals surface area contributed by atoms with E-state index in [1.54, 1.807) is 11.5 Å². The van der Waals surface area contributed by atoms with Crippen molar-refractivity contribution in [3.8, 4) is 0 Å². The van der Waals surface area contributed by atoms with Crippen molar-refractivity contribution in [1.82, 2.24) is 10.2 Å². The summed E-state index contributed by atoms with van der Waals surface area (Å²) in [6.07, 6.45) is 5.19. The lowest BCUT2D eigenvalue weighted by molar-refractivity contribution is -0.137. The Morgan fingerprint density at radius 2 is 1.89 bits per heavy atom. The minimum atomic E-state index is -4.40. The Morgan fingerprint density at radius 3 is 2.50 bits per heavy atom. The van der Waals surface area contributed by atoms with Gasteiger partial charge in [0.1, 0.15) is 5.70 Å². The number of carbonyl (C=O) groups is 1. The van der Waals surface area contributed by atoms with Crippen LogP contribution in [0.5, 0.6) is 0 Å². The van der Waals surface area contributed by atoms with Crippen molar-refractivity contribution in [2.45, 2.75) is 72.5 Å². The van der Waals surface area contributed by atoms with Crippen molar-refractivity contribution < 1.29 is 18.0 Å². The molecule has 0 unspecified atom stereocenters. The lowest BCUT2D eigenvalue weighted by Gasteiger charge is -2.22. The second-order valence-corrected chi connectivity index (χ2v) is 9.78. The number of benzene rings is 1. The van der Waals surface area contributed by atoms with Gasteiger partial charge in [-0.1, -0.05) is 67.1 Å². The smallest absolute Gasteiger partial charge is 0.347 e. The summed E-state index contributed by atoms with van der Waals surface area (Å²) in [6, 6.07) is 4.94. The molecular weight excluding hydrogens is 483 g/mol. The minimum absolute atomic E-state index is 0.0260. The molecule has 0 bridgehead atoms. The molecule has 0 aliphatic carbocycles. The van der Waals surface area contributed by atoms with Gasteiger partial charge in [-0.3, -0.25) is 4.79 Å². The van der Waals surface area contributed by atoms with Crippen LogP contribution in [0.25, 0.3) is 0 Å². The molecule has 0 saturated heterocycles. The van der Waals surface area contributed by atoms with E-state index in [2.05, 4.69) is 51.7 Å². The van der Waals surface area contributed by atoms with E-state index in [4.69, 9.17) is 5.73 Å². The molecule has 0 spiro atoms. The number of halogens is 3. The molecule has 1 aliphatic rings. The number of nitrogens with zero attached hydrogens (tertiary/aromatic N) is 1. The molecule has 0 fully saturated rings. The van der Waals surface area contributed by atoms with Crippen LogP contribution in [-0.4, -0.2) is 23.9 Å². The van der Waals surface area contributed by atoms with Crippen molar-refractivity contribution in [3.63, 3.8) is 0 Å². The van der Waals surface area contributed by atoms with E-state index >= 15 is 0 Å². The van der Waals surface area contributed by atoms with Gasteiger partial charge in [-0.15, -0.1) is 0 Å². The average Bonchev–Trinajstić information content (AvgIpc) is 3.19. The molecule has 0 aromatic heterocycles. The van der Waals surface area contributed by atoms with Crippen molar-refractivity contribution in [2.24, 2.45) is 5.73 Å². The van der Waals surface area contributed by atoms with Gasteiger partial charge in [-0.2, -0.15) is 13.2 Å². The van der Waals surface area contributed by atoms with Gasteiger partial charge in [-0.25, -0.2) is 0 Å². The fraction of sp³-hybridized carbons (Fsp3) is 0.464. The Labute approximate surface area is 218 Å². The highest BCUT2D eigenvalue weighted by molar-refractivity contribution is 8.06. The van der Waals surface area contributed by atoms with Gasteiger partial charge in [0.2, 0.25) is 0 Å².